The van der Waals surface area contributed by atoms with E-state index >= 15 is 0 Å². The first-order valence-electron chi connectivity index (χ1n) is 5.22. The zero-order valence-electron chi connectivity index (χ0n) is 8.79. The molecule has 0 saturated carbocycles. The van der Waals surface area contributed by atoms with Crippen LogP contribution in [-0.4, -0.2) is 19.2 Å². The van der Waals surface area contributed by atoms with Crippen molar-refractivity contribution < 1.29 is 4.74 Å². The molecule has 1 aliphatic rings. The van der Waals surface area contributed by atoms with Crippen molar-refractivity contribution >= 4 is 0 Å². The minimum absolute atomic E-state index is 0.522. The number of benzene rings is 1. The molecule has 0 radical (unpaired) electrons. The van der Waals surface area contributed by atoms with E-state index in [1.54, 1.807) is 0 Å². The zero-order valence-corrected chi connectivity index (χ0v) is 8.79. The molecule has 0 aliphatic carbocycles. The average molecular weight is 191 g/mol. The molecule has 1 aromatic rings. The second-order valence-electron chi connectivity index (χ2n) is 4.11. The maximum atomic E-state index is 5.60. The molecule has 1 atom stereocenters. The third-order valence-electron chi connectivity index (χ3n) is 2.57. The summed E-state index contributed by atoms with van der Waals surface area (Å²) in [5, 5.41) is 3.45. The molecule has 1 aromatic carbocycles. The van der Waals surface area contributed by atoms with Gasteiger partial charge in [0.15, 0.2) is 0 Å². The lowest BCUT2D eigenvalue weighted by atomic mass is 10.0. The molecule has 0 bridgehead atoms. The van der Waals surface area contributed by atoms with Crippen LogP contribution in [0.5, 0.6) is 5.75 Å². The largest absolute Gasteiger partial charge is 0.493 e. The minimum Gasteiger partial charge on any atom is -0.493 e. The van der Waals surface area contributed by atoms with Crippen molar-refractivity contribution in [2.45, 2.75) is 25.8 Å². The fourth-order valence-electron chi connectivity index (χ4n) is 1.78. The molecule has 0 amide bonds. The highest BCUT2D eigenvalue weighted by atomic mass is 16.5. The molecule has 1 N–H and O–H groups in total. The maximum Gasteiger partial charge on any atom is 0.122 e. The Balaban J connectivity index is 2.03. The van der Waals surface area contributed by atoms with Crippen molar-refractivity contribution in [3.8, 4) is 5.75 Å². The van der Waals surface area contributed by atoms with Gasteiger partial charge in [0.1, 0.15) is 5.75 Å². The first-order chi connectivity index (χ1) is 6.77. The van der Waals surface area contributed by atoms with Gasteiger partial charge in [-0.05, 0) is 6.07 Å². The van der Waals surface area contributed by atoms with Crippen molar-refractivity contribution in [3.63, 3.8) is 0 Å². The van der Waals surface area contributed by atoms with Gasteiger partial charge in [-0.25, -0.2) is 0 Å². The standard InChI is InChI=1S/C12H17NO/c1-9(2)13-7-10-8-14-12-6-4-3-5-11(10)12/h3-6,9-10,13H,7-8H2,1-2H3. The van der Waals surface area contributed by atoms with Gasteiger partial charge in [0.2, 0.25) is 0 Å². The van der Waals surface area contributed by atoms with Crippen LogP contribution in [0.25, 0.3) is 0 Å². The van der Waals surface area contributed by atoms with E-state index in [-0.39, 0.29) is 0 Å². The first kappa shape index (κ1) is 9.53. The lowest BCUT2D eigenvalue weighted by molar-refractivity contribution is 0.324. The molecule has 1 heterocycles. The van der Waals surface area contributed by atoms with Gasteiger partial charge in [-0.2, -0.15) is 0 Å². The zero-order chi connectivity index (χ0) is 9.97. The maximum absolute atomic E-state index is 5.60. The van der Waals surface area contributed by atoms with E-state index in [0.29, 0.717) is 12.0 Å². The monoisotopic (exact) mass is 191 g/mol. The Morgan fingerprint density at radius 3 is 3.00 bits per heavy atom. The number of para-hydroxylation sites is 1. The van der Waals surface area contributed by atoms with Gasteiger partial charge >= 0.3 is 0 Å². The predicted octanol–water partition coefficient (Wildman–Crippen LogP) is 2.16. The summed E-state index contributed by atoms with van der Waals surface area (Å²) in [6.07, 6.45) is 0. The number of nitrogens with one attached hydrogen (secondary N) is 1. The van der Waals surface area contributed by atoms with E-state index in [1.807, 2.05) is 12.1 Å². The van der Waals surface area contributed by atoms with E-state index < -0.39 is 0 Å². The number of rotatable bonds is 3. The second-order valence-corrected chi connectivity index (χ2v) is 4.11. The summed E-state index contributed by atoms with van der Waals surface area (Å²) in [6.45, 7) is 6.16. The number of ether oxygens (including phenoxy) is 1. The highest BCUT2D eigenvalue weighted by Crippen LogP contribution is 2.32. The quantitative estimate of drug-likeness (QED) is 0.790. The third-order valence-corrected chi connectivity index (χ3v) is 2.57. The summed E-state index contributed by atoms with van der Waals surface area (Å²) >= 11 is 0. The van der Waals surface area contributed by atoms with Gasteiger partial charge in [-0.1, -0.05) is 32.0 Å². The lowest BCUT2D eigenvalue weighted by Crippen LogP contribution is -2.28. The summed E-state index contributed by atoms with van der Waals surface area (Å²) < 4.78 is 5.60. The van der Waals surface area contributed by atoms with E-state index in [9.17, 15) is 0 Å². The fourth-order valence-corrected chi connectivity index (χ4v) is 1.78. The van der Waals surface area contributed by atoms with Crippen LogP contribution in [0.4, 0.5) is 0 Å². The molecular weight excluding hydrogens is 174 g/mol. The van der Waals surface area contributed by atoms with Crippen LogP contribution in [0.15, 0.2) is 24.3 Å². The van der Waals surface area contributed by atoms with Crippen molar-refractivity contribution in [2.75, 3.05) is 13.2 Å². The van der Waals surface area contributed by atoms with E-state index in [4.69, 9.17) is 4.74 Å². The van der Waals surface area contributed by atoms with Crippen LogP contribution in [0, 0.1) is 0 Å². The Labute approximate surface area is 85.3 Å². The topological polar surface area (TPSA) is 21.3 Å². The molecule has 1 unspecified atom stereocenters. The summed E-state index contributed by atoms with van der Waals surface area (Å²) in [6, 6.07) is 8.86. The Bertz CT molecular complexity index is 309. The van der Waals surface area contributed by atoms with Gasteiger partial charge in [-0.3, -0.25) is 0 Å². The Morgan fingerprint density at radius 2 is 2.21 bits per heavy atom. The van der Waals surface area contributed by atoms with Gasteiger partial charge < -0.3 is 10.1 Å². The Morgan fingerprint density at radius 1 is 1.43 bits per heavy atom. The number of hydrogen-bond donors (Lipinski definition) is 1. The van der Waals surface area contributed by atoms with E-state index in [0.717, 1.165) is 18.9 Å². The molecule has 2 nitrogen and oxygen atoms in total. The molecule has 2 heteroatoms. The van der Waals surface area contributed by atoms with Gasteiger partial charge in [0.25, 0.3) is 0 Å². The third kappa shape index (κ3) is 1.90. The van der Waals surface area contributed by atoms with Gasteiger partial charge in [0, 0.05) is 24.1 Å². The molecule has 0 aromatic heterocycles. The summed E-state index contributed by atoms with van der Waals surface area (Å²) in [5.41, 5.74) is 1.35. The molecule has 14 heavy (non-hydrogen) atoms. The van der Waals surface area contributed by atoms with Gasteiger partial charge in [-0.15, -0.1) is 0 Å². The Hall–Kier alpha value is -1.02. The van der Waals surface area contributed by atoms with Crippen LogP contribution >= 0.6 is 0 Å². The van der Waals surface area contributed by atoms with Crippen LogP contribution < -0.4 is 10.1 Å². The Kier molecular flexibility index (Phi) is 2.73. The number of fused-ring (bicyclic) bond motifs is 1. The second kappa shape index (κ2) is 4.01. The van der Waals surface area contributed by atoms with Crippen molar-refractivity contribution in [1.29, 1.82) is 0 Å². The van der Waals surface area contributed by atoms with Crippen molar-refractivity contribution in [2.24, 2.45) is 0 Å². The minimum atomic E-state index is 0.522. The number of hydrogen-bond acceptors (Lipinski definition) is 2. The summed E-state index contributed by atoms with van der Waals surface area (Å²) in [5.74, 6) is 1.58. The SMILES string of the molecule is CC(C)NCC1COc2ccccc21. The van der Waals surface area contributed by atoms with Gasteiger partial charge in [0.05, 0.1) is 6.61 Å². The van der Waals surface area contributed by atoms with E-state index in [2.05, 4.69) is 31.3 Å². The summed E-state index contributed by atoms with van der Waals surface area (Å²) in [4.78, 5) is 0. The molecular formula is C12H17NO. The molecule has 0 saturated heterocycles. The smallest absolute Gasteiger partial charge is 0.122 e. The molecule has 76 valence electrons. The van der Waals surface area contributed by atoms with Crippen LogP contribution in [0.2, 0.25) is 0 Å². The normalized spacial score (nSPS) is 19.5. The van der Waals surface area contributed by atoms with Crippen LogP contribution in [0.3, 0.4) is 0 Å². The highest BCUT2D eigenvalue weighted by Gasteiger charge is 2.22. The molecule has 0 fully saturated rings. The highest BCUT2D eigenvalue weighted by molar-refractivity contribution is 5.39. The van der Waals surface area contributed by atoms with Crippen LogP contribution in [-0.2, 0) is 0 Å². The predicted molar refractivity (Wildman–Crippen MR) is 57.8 cm³/mol. The van der Waals surface area contributed by atoms with E-state index in [1.165, 1.54) is 5.56 Å². The summed E-state index contributed by atoms with van der Waals surface area (Å²) in [7, 11) is 0. The van der Waals surface area contributed by atoms with Crippen LogP contribution in [0.1, 0.15) is 25.3 Å². The van der Waals surface area contributed by atoms with Crippen molar-refractivity contribution in [3.05, 3.63) is 29.8 Å². The first-order valence-corrected chi connectivity index (χ1v) is 5.22. The lowest BCUT2D eigenvalue weighted by Gasteiger charge is -2.12. The molecule has 2 rings (SSSR count). The van der Waals surface area contributed by atoms with Crippen molar-refractivity contribution in [1.82, 2.24) is 5.32 Å². The fraction of sp³-hybridized carbons (Fsp3) is 0.500. The average Bonchev–Trinajstić information content (AvgIpc) is 2.58. The molecule has 0 spiro atoms. The molecule has 1 aliphatic heterocycles.